The minimum Gasteiger partial charge on any atom is -0.545 e. The first-order valence-electron chi connectivity index (χ1n) is 10.6. The molecule has 0 bridgehead atoms. The number of imidazole rings is 1. The zero-order chi connectivity index (χ0) is 23.7. The number of aromatic carboxylic acids is 1. The van der Waals surface area contributed by atoms with Gasteiger partial charge in [0, 0.05) is 11.1 Å². The van der Waals surface area contributed by atoms with Crippen molar-refractivity contribution in [3.8, 4) is 28.5 Å². The van der Waals surface area contributed by atoms with Gasteiger partial charge >= 0.3 is 35.3 Å². The maximum Gasteiger partial charge on any atom is 1.00 e. The van der Waals surface area contributed by atoms with Crippen molar-refractivity contribution >= 4 is 17.0 Å². The molecule has 5 rings (SSSR count). The predicted molar refractivity (Wildman–Crippen MR) is 122 cm³/mol. The Kier molecular flexibility index (Phi) is 7.20. The molecule has 2 heterocycles. The summed E-state index contributed by atoms with van der Waals surface area (Å²) in [6.45, 7) is 2.59. The van der Waals surface area contributed by atoms with Crippen molar-refractivity contribution in [1.82, 2.24) is 19.7 Å². The number of benzene rings is 3. The first-order chi connectivity index (χ1) is 16.5. The van der Waals surface area contributed by atoms with Gasteiger partial charge in [0.2, 0.25) is 0 Å². The second-order valence-electron chi connectivity index (χ2n) is 7.56. The third kappa shape index (κ3) is 4.79. The largest absolute Gasteiger partial charge is 1.00 e. The number of carboxylic acids is 1. The van der Waals surface area contributed by atoms with Crippen molar-refractivity contribution in [2.24, 2.45) is 0 Å². The van der Waals surface area contributed by atoms with Crippen LogP contribution in [0, 0.1) is 0 Å². The molecule has 0 aliphatic carbocycles. The first kappa shape index (κ1) is 24.5. The minimum atomic E-state index is -1.27. The van der Waals surface area contributed by atoms with E-state index in [-0.39, 0.29) is 35.1 Å². The molecular weight excluding hydrogens is 459 g/mol. The van der Waals surface area contributed by atoms with E-state index in [9.17, 15) is 14.7 Å². The third-order valence-electron chi connectivity index (χ3n) is 5.45. The van der Waals surface area contributed by atoms with Gasteiger partial charge in [-0.1, -0.05) is 65.8 Å². The Morgan fingerprint density at radius 1 is 1.06 bits per heavy atom. The summed E-state index contributed by atoms with van der Waals surface area (Å²) in [6, 6.07) is 20.6. The molecule has 0 radical (unpaired) electrons. The molecule has 0 saturated heterocycles. The van der Waals surface area contributed by atoms with Gasteiger partial charge in [0.05, 0.1) is 30.2 Å². The number of nitrogens with one attached hydrogen (secondary N) is 1. The average Bonchev–Trinajstić information content (AvgIpc) is 3.43. The number of hydrogen-bond donors (Lipinski definition) is 1. The van der Waals surface area contributed by atoms with Crippen molar-refractivity contribution in [2.45, 2.75) is 13.5 Å². The number of ether oxygens (including phenoxy) is 1. The molecule has 1 N–H and O–H groups in total. The van der Waals surface area contributed by atoms with E-state index in [4.69, 9.17) is 4.74 Å². The van der Waals surface area contributed by atoms with E-state index in [0.717, 1.165) is 22.3 Å². The Labute approximate surface area is 221 Å². The van der Waals surface area contributed by atoms with Gasteiger partial charge in [-0.15, -0.1) is 0 Å². The maximum atomic E-state index is 11.7. The van der Waals surface area contributed by atoms with Crippen molar-refractivity contribution in [3.05, 3.63) is 88.4 Å². The Bertz CT molecular complexity index is 1550. The predicted octanol–water partition coefficient (Wildman–Crippen LogP) is -0.139. The zero-order valence-electron chi connectivity index (χ0n) is 19.1. The van der Waals surface area contributed by atoms with Crippen molar-refractivity contribution in [1.29, 1.82) is 0 Å². The molecule has 0 fully saturated rings. The second kappa shape index (κ2) is 10.3. The summed E-state index contributed by atoms with van der Waals surface area (Å²) in [5.41, 5.74) is 4.49. The molecule has 0 unspecified atom stereocenters. The summed E-state index contributed by atoms with van der Waals surface area (Å²) >= 11 is 0. The summed E-state index contributed by atoms with van der Waals surface area (Å²) in [4.78, 5) is 30.2. The van der Waals surface area contributed by atoms with E-state index in [1.165, 1.54) is 6.07 Å². The van der Waals surface area contributed by atoms with Crippen molar-refractivity contribution in [2.75, 3.05) is 6.61 Å². The van der Waals surface area contributed by atoms with Crippen LogP contribution in [0.25, 0.3) is 33.5 Å². The normalized spacial score (nSPS) is 10.8. The minimum absolute atomic E-state index is 0. The molecule has 35 heavy (non-hydrogen) atoms. The Balaban J connectivity index is 0.00000289. The number of carbonyl (C=O) groups excluding carboxylic acids is 1. The van der Waals surface area contributed by atoms with Crippen LogP contribution in [0.5, 0.6) is 6.01 Å². The standard InChI is InChI=1S/C25H20N4O5.Na/c1-2-33-24-26-20-9-5-8-19(23(30)31)21(20)29(24)14-15-10-12-16(13-11-15)17-6-3-4-7-18(17)22-27-25(32)34-28-22;/h3-13H,2,14H2,1H3,(H,30,31)(H,27,28,32);/q;+1/p-1. The summed E-state index contributed by atoms with van der Waals surface area (Å²) < 4.78 is 12.1. The molecule has 0 amide bonds. The van der Waals surface area contributed by atoms with Gasteiger partial charge in [0.25, 0.3) is 6.01 Å². The summed E-state index contributed by atoms with van der Waals surface area (Å²) in [5.74, 6) is -1.54. The monoisotopic (exact) mass is 478 g/mol. The molecule has 3 aromatic carbocycles. The number of carboxylic acid groups (broad SMARTS) is 1. The fraction of sp³-hybridized carbons (Fsp3) is 0.120. The van der Waals surface area contributed by atoms with E-state index >= 15 is 0 Å². The van der Waals surface area contributed by atoms with Gasteiger partial charge in [-0.3, -0.25) is 14.1 Å². The van der Waals surface area contributed by atoms with E-state index < -0.39 is 11.7 Å². The van der Waals surface area contributed by atoms with Gasteiger partial charge in [0.15, 0.2) is 5.82 Å². The molecule has 0 aliphatic rings. The SMILES string of the molecule is CCOc1nc2cccc(C(=O)[O-])c2n1Cc1ccc(-c2ccccc2-c2noc(=O)[nH]2)cc1.[Na+]. The third-order valence-corrected chi connectivity index (χ3v) is 5.45. The fourth-order valence-electron chi connectivity index (χ4n) is 3.97. The second-order valence-corrected chi connectivity index (χ2v) is 7.56. The van der Waals surface area contributed by atoms with Gasteiger partial charge in [-0.2, -0.15) is 4.98 Å². The number of aromatic nitrogens is 4. The van der Waals surface area contributed by atoms with Gasteiger partial charge in [-0.25, -0.2) is 4.79 Å². The van der Waals surface area contributed by atoms with Crippen LogP contribution in [0.3, 0.4) is 0 Å². The molecule has 10 heteroatoms. The van der Waals surface area contributed by atoms with Crippen LogP contribution in [0.2, 0.25) is 0 Å². The molecule has 2 aromatic heterocycles. The zero-order valence-corrected chi connectivity index (χ0v) is 21.1. The number of rotatable bonds is 7. The van der Waals surface area contributed by atoms with Crippen LogP contribution < -0.4 is 45.2 Å². The van der Waals surface area contributed by atoms with Crippen LogP contribution in [0.15, 0.2) is 76.0 Å². The topological polar surface area (TPSA) is 126 Å². The van der Waals surface area contributed by atoms with Gasteiger partial charge in [0.1, 0.15) is 0 Å². The molecular formula is C25H19N4NaO5. The Morgan fingerprint density at radius 3 is 2.46 bits per heavy atom. The molecule has 9 nitrogen and oxygen atoms in total. The first-order valence-corrected chi connectivity index (χ1v) is 10.6. The van der Waals surface area contributed by atoms with Crippen LogP contribution in [-0.2, 0) is 6.54 Å². The number of carbonyl (C=O) groups is 1. The summed E-state index contributed by atoms with van der Waals surface area (Å²) in [5, 5.41) is 15.5. The Hall–Kier alpha value is -3.66. The maximum absolute atomic E-state index is 11.7. The van der Waals surface area contributed by atoms with Crippen LogP contribution in [0.1, 0.15) is 22.8 Å². The molecule has 0 spiro atoms. The number of para-hydroxylation sites is 1. The van der Waals surface area contributed by atoms with Crippen molar-refractivity contribution < 1.29 is 48.7 Å². The molecule has 0 atom stereocenters. The molecule has 0 saturated carbocycles. The summed E-state index contributed by atoms with van der Waals surface area (Å²) in [7, 11) is 0. The van der Waals surface area contributed by atoms with E-state index in [2.05, 4.69) is 19.6 Å². The van der Waals surface area contributed by atoms with Crippen LogP contribution in [-0.4, -0.2) is 32.3 Å². The number of fused-ring (bicyclic) bond motifs is 1. The quantitative estimate of drug-likeness (QED) is 0.323. The van der Waals surface area contributed by atoms with Crippen LogP contribution in [0.4, 0.5) is 0 Å². The van der Waals surface area contributed by atoms with Gasteiger partial charge < -0.3 is 14.6 Å². The number of nitrogens with zero attached hydrogens (tertiary/aromatic N) is 3. The smallest absolute Gasteiger partial charge is 0.545 e. The summed E-state index contributed by atoms with van der Waals surface area (Å²) in [6.07, 6.45) is 0. The number of hydrogen-bond acceptors (Lipinski definition) is 7. The molecule has 170 valence electrons. The molecule has 0 aliphatic heterocycles. The van der Waals surface area contributed by atoms with Crippen LogP contribution >= 0.6 is 0 Å². The van der Waals surface area contributed by atoms with E-state index in [1.807, 2.05) is 55.5 Å². The van der Waals surface area contributed by atoms with E-state index in [0.29, 0.717) is 36.0 Å². The van der Waals surface area contributed by atoms with Gasteiger partial charge in [-0.05, 0) is 29.7 Å². The molecule has 5 aromatic rings. The number of aromatic amines is 1. The van der Waals surface area contributed by atoms with Crippen molar-refractivity contribution in [3.63, 3.8) is 0 Å². The fourth-order valence-corrected chi connectivity index (χ4v) is 3.97. The Morgan fingerprint density at radius 2 is 1.80 bits per heavy atom. The average molecular weight is 478 g/mol. The van der Waals surface area contributed by atoms with E-state index in [1.54, 1.807) is 16.7 Å². The number of H-pyrrole nitrogens is 1.